The predicted molar refractivity (Wildman–Crippen MR) is 98.3 cm³/mol. The number of aromatic amines is 1. The van der Waals surface area contributed by atoms with Gasteiger partial charge >= 0.3 is 0 Å². The molecule has 0 atom stereocenters. The van der Waals surface area contributed by atoms with Crippen molar-refractivity contribution in [1.82, 2.24) is 9.97 Å². The molecular weight excluding hydrogens is 392 g/mol. The molecule has 0 saturated carbocycles. The fourth-order valence-corrected chi connectivity index (χ4v) is 3.11. The number of anilines is 2. The van der Waals surface area contributed by atoms with Gasteiger partial charge in [0.1, 0.15) is 5.69 Å². The Morgan fingerprint density at radius 1 is 1.21 bits per heavy atom. The quantitative estimate of drug-likeness (QED) is 0.611. The maximum Gasteiger partial charge on any atom is 0.273 e. The van der Waals surface area contributed by atoms with Crippen molar-refractivity contribution in [3.05, 3.63) is 52.1 Å². The number of benzene rings is 1. The minimum atomic E-state index is -0.248. The third kappa shape index (κ3) is 3.90. The van der Waals surface area contributed by atoms with E-state index in [2.05, 4.69) is 36.5 Å². The highest BCUT2D eigenvalue weighted by Crippen LogP contribution is 2.26. The fraction of sp³-hybridized carbons (Fsp3) is 0.0625. The Hall–Kier alpha value is -2.45. The normalized spacial score (nSPS) is 10.4. The van der Waals surface area contributed by atoms with Gasteiger partial charge in [0.15, 0.2) is 5.13 Å². The van der Waals surface area contributed by atoms with Crippen LogP contribution >= 0.6 is 27.3 Å². The van der Waals surface area contributed by atoms with E-state index < -0.39 is 0 Å². The molecule has 3 aromatic rings. The van der Waals surface area contributed by atoms with E-state index in [1.807, 2.05) is 29.6 Å². The summed E-state index contributed by atoms with van der Waals surface area (Å²) in [5.41, 5.74) is 2.85. The molecule has 2 heterocycles. The largest absolute Gasteiger partial charge is 0.356 e. The molecule has 0 aliphatic carbocycles. The number of carbonyl (C=O) groups excluding carboxylic acids is 2. The van der Waals surface area contributed by atoms with Crippen LogP contribution in [0.15, 0.2) is 46.4 Å². The first-order valence-corrected chi connectivity index (χ1v) is 8.67. The third-order valence-corrected chi connectivity index (χ3v) is 4.33. The first kappa shape index (κ1) is 16.4. The number of hydrogen-bond acceptors (Lipinski definition) is 4. The standard InChI is InChI=1S/C16H13BrN4O2S/c1-9(22)19-12-4-2-10(3-5-12)14-8-24-16(20-14)21-15(23)13-6-11(17)7-18-13/h2-8,18H,1H3,(H,19,22)(H,20,21,23). The maximum atomic E-state index is 12.1. The zero-order valence-corrected chi connectivity index (χ0v) is 15.0. The van der Waals surface area contributed by atoms with Crippen LogP contribution in [0.5, 0.6) is 0 Å². The van der Waals surface area contributed by atoms with Gasteiger partial charge in [-0.1, -0.05) is 12.1 Å². The molecule has 0 saturated heterocycles. The molecule has 122 valence electrons. The summed E-state index contributed by atoms with van der Waals surface area (Å²) in [4.78, 5) is 30.4. The minimum Gasteiger partial charge on any atom is -0.356 e. The van der Waals surface area contributed by atoms with Gasteiger partial charge in [-0.3, -0.25) is 14.9 Å². The Balaban J connectivity index is 1.71. The molecule has 2 aromatic heterocycles. The molecule has 1 aromatic carbocycles. The molecule has 0 spiro atoms. The van der Waals surface area contributed by atoms with E-state index in [4.69, 9.17) is 0 Å². The smallest absolute Gasteiger partial charge is 0.273 e. The van der Waals surface area contributed by atoms with E-state index in [1.54, 1.807) is 12.3 Å². The van der Waals surface area contributed by atoms with Crippen molar-refractivity contribution in [2.75, 3.05) is 10.6 Å². The molecule has 3 N–H and O–H groups in total. The van der Waals surface area contributed by atoms with E-state index in [1.165, 1.54) is 18.3 Å². The molecular formula is C16H13BrN4O2S. The van der Waals surface area contributed by atoms with Crippen molar-refractivity contribution in [1.29, 1.82) is 0 Å². The van der Waals surface area contributed by atoms with Gasteiger partial charge in [0.2, 0.25) is 5.91 Å². The summed E-state index contributed by atoms with van der Waals surface area (Å²) in [5, 5.41) is 7.86. The number of hydrogen-bond donors (Lipinski definition) is 3. The summed E-state index contributed by atoms with van der Waals surface area (Å²) in [7, 11) is 0. The summed E-state index contributed by atoms with van der Waals surface area (Å²) in [5.74, 6) is -0.361. The highest BCUT2D eigenvalue weighted by molar-refractivity contribution is 9.10. The van der Waals surface area contributed by atoms with Crippen LogP contribution in [-0.4, -0.2) is 21.8 Å². The van der Waals surface area contributed by atoms with Crippen molar-refractivity contribution in [3.8, 4) is 11.3 Å². The van der Waals surface area contributed by atoms with Gasteiger partial charge < -0.3 is 10.3 Å². The Labute approximate surface area is 150 Å². The summed E-state index contributed by atoms with van der Waals surface area (Å²) >= 11 is 4.64. The Bertz CT molecular complexity index is 886. The number of aromatic nitrogens is 2. The van der Waals surface area contributed by atoms with E-state index in [-0.39, 0.29) is 11.8 Å². The number of thiazole rings is 1. The van der Waals surface area contributed by atoms with E-state index >= 15 is 0 Å². The van der Waals surface area contributed by atoms with Crippen LogP contribution in [0.25, 0.3) is 11.3 Å². The zero-order chi connectivity index (χ0) is 17.1. The summed E-state index contributed by atoms with van der Waals surface area (Å²) in [6.45, 7) is 1.46. The van der Waals surface area contributed by atoms with Crippen molar-refractivity contribution in [2.45, 2.75) is 6.92 Å². The monoisotopic (exact) mass is 404 g/mol. The number of nitrogens with one attached hydrogen (secondary N) is 3. The second-order valence-electron chi connectivity index (χ2n) is 4.98. The second kappa shape index (κ2) is 6.98. The van der Waals surface area contributed by atoms with Crippen LogP contribution in [0.3, 0.4) is 0 Å². The average Bonchev–Trinajstić information content (AvgIpc) is 3.17. The number of amides is 2. The topological polar surface area (TPSA) is 86.9 Å². The van der Waals surface area contributed by atoms with Crippen LogP contribution in [0, 0.1) is 0 Å². The van der Waals surface area contributed by atoms with Crippen LogP contribution in [0.1, 0.15) is 17.4 Å². The van der Waals surface area contributed by atoms with Gasteiger partial charge in [-0.05, 0) is 34.1 Å². The molecule has 24 heavy (non-hydrogen) atoms. The molecule has 6 nitrogen and oxygen atoms in total. The molecule has 2 amide bonds. The zero-order valence-electron chi connectivity index (χ0n) is 12.6. The van der Waals surface area contributed by atoms with Crippen LogP contribution in [0.2, 0.25) is 0 Å². The van der Waals surface area contributed by atoms with Crippen molar-refractivity contribution in [3.63, 3.8) is 0 Å². The molecule has 0 fully saturated rings. The molecule has 0 unspecified atom stereocenters. The lowest BCUT2D eigenvalue weighted by molar-refractivity contribution is -0.114. The van der Waals surface area contributed by atoms with Gasteiger partial charge in [-0.15, -0.1) is 11.3 Å². The van der Waals surface area contributed by atoms with Crippen LogP contribution < -0.4 is 10.6 Å². The van der Waals surface area contributed by atoms with Gasteiger partial charge in [0, 0.05) is 34.2 Å². The van der Waals surface area contributed by atoms with E-state index in [9.17, 15) is 9.59 Å². The first-order chi connectivity index (χ1) is 11.5. The highest BCUT2D eigenvalue weighted by Gasteiger charge is 2.11. The van der Waals surface area contributed by atoms with Gasteiger partial charge in [0.25, 0.3) is 5.91 Å². The van der Waals surface area contributed by atoms with Crippen LogP contribution in [-0.2, 0) is 4.79 Å². The summed E-state index contributed by atoms with van der Waals surface area (Å²) in [6, 6.07) is 9.06. The van der Waals surface area contributed by atoms with Crippen LogP contribution in [0.4, 0.5) is 10.8 Å². The third-order valence-electron chi connectivity index (χ3n) is 3.12. The fourth-order valence-electron chi connectivity index (χ4n) is 2.05. The summed E-state index contributed by atoms with van der Waals surface area (Å²) in [6.07, 6.45) is 1.69. The maximum absolute atomic E-state index is 12.1. The number of halogens is 1. The minimum absolute atomic E-state index is 0.114. The molecule has 0 bridgehead atoms. The van der Waals surface area contributed by atoms with Gasteiger partial charge in [-0.25, -0.2) is 4.98 Å². The lowest BCUT2D eigenvalue weighted by Gasteiger charge is -2.02. The van der Waals surface area contributed by atoms with Gasteiger partial charge in [0.05, 0.1) is 5.69 Å². The molecule has 0 aliphatic rings. The lowest BCUT2D eigenvalue weighted by atomic mass is 10.1. The summed E-state index contributed by atoms with van der Waals surface area (Å²) < 4.78 is 0.812. The Morgan fingerprint density at radius 2 is 1.96 bits per heavy atom. The van der Waals surface area contributed by atoms with Gasteiger partial charge in [-0.2, -0.15) is 0 Å². The first-order valence-electron chi connectivity index (χ1n) is 7.00. The Morgan fingerprint density at radius 3 is 2.58 bits per heavy atom. The average molecular weight is 405 g/mol. The molecule has 0 radical (unpaired) electrons. The molecule has 8 heteroatoms. The van der Waals surface area contributed by atoms with Crippen molar-refractivity contribution >= 4 is 49.9 Å². The second-order valence-corrected chi connectivity index (χ2v) is 6.76. The predicted octanol–water partition coefficient (Wildman–Crippen LogP) is 4.11. The SMILES string of the molecule is CC(=O)Nc1ccc(-c2csc(NC(=O)c3cc(Br)c[nH]3)n2)cc1. The molecule has 0 aliphatic heterocycles. The van der Waals surface area contributed by atoms with Crippen molar-refractivity contribution in [2.24, 2.45) is 0 Å². The number of carbonyl (C=O) groups is 2. The molecule has 3 rings (SSSR count). The number of nitrogens with zero attached hydrogens (tertiary/aromatic N) is 1. The lowest BCUT2D eigenvalue weighted by Crippen LogP contribution is -2.11. The number of rotatable bonds is 4. The van der Waals surface area contributed by atoms with E-state index in [0.717, 1.165) is 21.4 Å². The van der Waals surface area contributed by atoms with Crippen molar-refractivity contribution < 1.29 is 9.59 Å². The van der Waals surface area contributed by atoms with E-state index in [0.29, 0.717) is 10.8 Å². The number of H-pyrrole nitrogens is 1. The highest BCUT2D eigenvalue weighted by atomic mass is 79.9. The Kier molecular flexibility index (Phi) is 4.77.